The van der Waals surface area contributed by atoms with Crippen LogP contribution in [0.3, 0.4) is 0 Å². The second kappa shape index (κ2) is 5.57. The first kappa shape index (κ1) is 13.5. The van der Waals surface area contributed by atoms with E-state index in [-0.39, 0.29) is 5.56 Å². The molecule has 0 spiro atoms. The summed E-state index contributed by atoms with van der Waals surface area (Å²) in [6.07, 6.45) is 1.75. The molecular formula is C19H15N3O. The smallest absolute Gasteiger partial charge is 0.257 e. The highest BCUT2D eigenvalue weighted by Crippen LogP contribution is 2.22. The number of hydrogen-bond acceptors (Lipinski definition) is 3. The zero-order valence-corrected chi connectivity index (χ0v) is 12.4. The fourth-order valence-corrected chi connectivity index (χ4v) is 2.76. The summed E-state index contributed by atoms with van der Waals surface area (Å²) < 4.78 is 0. The molecule has 0 aliphatic carbocycles. The normalized spacial score (nSPS) is 11.0. The Labute approximate surface area is 132 Å². The molecule has 4 rings (SSSR count). The fourth-order valence-electron chi connectivity index (χ4n) is 2.76. The van der Waals surface area contributed by atoms with Crippen LogP contribution in [0, 0.1) is 0 Å². The lowest BCUT2D eigenvalue weighted by Gasteiger charge is -2.08. The maximum absolute atomic E-state index is 12.1. The molecule has 112 valence electrons. The predicted molar refractivity (Wildman–Crippen MR) is 93.6 cm³/mol. The van der Waals surface area contributed by atoms with Gasteiger partial charge in [0.2, 0.25) is 0 Å². The van der Waals surface area contributed by atoms with Crippen molar-refractivity contribution in [3.05, 3.63) is 82.8 Å². The van der Waals surface area contributed by atoms with Gasteiger partial charge in [-0.25, -0.2) is 4.98 Å². The van der Waals surface area contributed by atoms with Gasteiger partial charge in [-0.1, -0.05) is 48.5 Å². The first-order valence-corrected chi connectivity index (χ1v) is 7.50. The number of nitrogens with one attached hydrogen (secondary N) is 2. The largest absolute Gasteiger partial charge is 0.380 e. The number of nitrogens with zero attached hydrogens (tertiary/aromatic N) is 1. The average Bonchev–Trinajstić information content (AvgIpc) is 2.61. The van der Waals surface area contributed by atoms with Gasteiger partial charge in [0.25, 0.3) is 5.56 Å². The highest BCUT2D eigenvalue weighted by molar-refractivity contribution is 6.04. The Morgan fingerprint density at radius 3 is 2.48 bits per heavy atom. The molecule has 4 nitrogen and oxygen atoms in total. The van der Waals surface area contributed by atoms with E-state index in [0.29, 0.717) is 11.0 Å². The van der Waals surface area contributed by atoms with Crippen molar-refractivity contribution in [2.24, 2.45) is 0 Å². The van der Waals surface area contributed by atoms with Crippen molar-refractivity contribution in [2.45, 2.75) is 6.54 Å². The van der Waals surface area contributed by atoms with E-state index in [0.717, 1.165) is 23.0 Å². The van der Waals surface area contributed by atoms with Gasteiger partial charge in [-0.05, 0) is 23.1 Å². The third-order valence-electron chi connectivity index (χ3n) is 3.92. The van der Waals surface area contributed by atoms with E-state index in [4.69, 9.17) is 0 Å². The van der Waals surface area contributed by atoms with E-state index < -0.39 is 0 Å². The molecule has 0 fully saturated rings. The summed E-state index contributed by atoms with van der Waals surface area (Å²) >= 11 is 0. The molecule has 0 aliphatic rings. The Balaban J connectivity index is 1.76. The van der Waals surface area contributed by atoms with Crippen molar-refractivity contribution in [1.82, 2.24) is 9.97 Å². The molecular weight excluding hydrogens is 286 g/mol. The predicted octanol–water partition coefficient (Wildman–Crippen LogP) is 3.69. The Bertz CT molecular complexity index is 1040. The van der Waals surface area contributed by atoms with E-state index in [1.54, 1.807) is 6.20 Å². The van der Waals surface area contributed by atoms with Crippen molar-refractivity contribution in [3.63, 3.8) is 0 Å². The van der Waals surface area contributed by atoms with E-state index in [2.05, 4.69) is 27.4 Å². The number of pyridine rings is 2. The SMILES string of the molecule is O=c1[nH]c2ncc(NCc3ccccc3)cc2c2ccccc12. The van der Waals surface area contributed by atoms with Crippen LogP contribution >= 0.6 is 0 Å². The number of anilines is 1. The molecule has 2 heterocycles. The Hall–Kier alpha value is -3.14. The molecule has 0 bridgehead atoms. The monoisotopic (exact) mass is 301 g/mol. The zero-order chi connectivity index (χ0) is 15.6. The minimum Gasteiger partial charge on any atom is -0.380 e. The number of benzene rings is 2. The molecule has 0 saturated heterocycles. The molecule has 0 saturated carbocycles. The molecule has 2 aromatic heterocycles. The van der Waals surface area contributed by atoms with Crippen molar-refractivity contribution in [3.8, 4) is 0 Å². The van der Waals surface area contributed by atoms with Gasteiger partial charge in [0.05, 0.1) is 11.9 Å². The van der Waals surface area contributed by atoms with Crippen LogP contribution in [0.2, 0.25) is 0 Å². The van der Waals surface area contributed by atoms with E-state index in [9.17, 15) is 4.79 Å². The van der Waals surface area contributed by atoms with Gasteiger partial charge in [0, 0.05) is 17.3 Å². The number of rotatable bonds is 3. The number of hydrogen-bond donors (Lipinski definition) is 2. The molecule has 0 amide bonds. The summed E-state index contributed by atoms with van der Waals surface area (Å²) in [7, 11) is 0. The Morgan fingerprint density at radius 2 is 1.65 bits per heavy atom. The highest BCUT2D eigenvalue weighted by atomic mass is 16.1. The molecule has 4 heteroatoms. The molecule has 2 N–H and O–H groups in total. The maximum Gasteiger partial charge on any atom is 0.257 e. The lowest BCUT2D eigenvalue weighted by Crippen LogP contribution is -2.07. The van der Waals surface area contributed by atoms with E-state index in [1.807, 2.05) is 48.5 Å². The molecule has 0 radical (unpaired) electrons. The summed E-state index contributed by atoms with van der Waals surface area (Å²) in [6, 6.07) is 19.8. The lowest BCUT2D eigenvalue weighted by molar-refractivity contribution is 1.14. The maximum atomic E-state index is 12.1. The van der Waals surface area contributed by atoms with Gasteiger partial charge in [-0.3, -0.25) is 4.79 Å². The number of aromatic nitrogens is 2. The van der Waals surface area contributed by atoms with E-state index in [1.165, 1.54) is 5.56 Å². The molecule has 0 atom stereocenters. The number of H-pyrrole nitrogens is 1. The van der Waals surface area contributed by atoms with Crippen LogP contribution in [0.1, 0.15) is 5.56 Å². The minimum atomic E-state index is -0.106. The zero-order valence-electron chi connectivity index (χ0n) is 12.4. The van der Waals surface area contributed by atoms with Gasteiger partial charge in [-0.2, -0.15) is 0 Å². The van der Waals surface area contributed by atoms with Crippen molar-refractivity contribution in [2.75, 3.05) is 5.32 Å². The van der Waals surface area contributed by atoms with Crippen LogP contribution in [-0.4, -0.2) is 9.97 Å². The average molecular weight is 301 g/mol. The van der Waals surface area contributed by atoms with E-state index >= 15 is 0 Å². The van der Waals surface area contributed by atoms with Crippen molar-refractivity contribution in [1.29, 1.82) is 0 Å². The Kier molecular flexibility index (Phi) is 3.27. The van der Waals surface area contributed by atoms with Gasteiger partial charge in [0.15, 0.2) is 0 Å². The quantitative estimate of drug-likeness (QED) is 0.567. The fraction of sp³-hybridized carbons (Fsp3) is 0.0526. The summed E-state index contributed by atoms with van der Waals surface area (Å²) in [6.45, 7) is 0.731. The molecule has 2 aromatic carbocycles. The van der Waals surface area contributed by atoms with Gasteiger partial charge in [0.1, 0.15) is 5.65 Å². The van der Waals surface area contributed by atoms with Crippen molar-refractivity contribution >= 4 is 27.5 Å². The Morgan fingerprint density at radius 1 is 0.913 bits per heavy atom. The number of aromatic amines is 1. The molecule has 0 unspecified atom stereocenters. The van der Waals surface area contributed by atoms with Gasteiger partial charge >= 0.3 is 0 Å². The van der Waals surface area contributed by atoms with Crippen LogP contribution in [0.15, 0.2) is 71.7 Å². The third kappa shape index (κ3) is 2.55. The summed E-state index contributed by atoms with van der Waals surface area (Å²) in [5.41, 5.74) is 2.64. The highest BCUT2D eigenvalue weighted by Gasteiger charge is 2.06. The minimum absolute atomic E-state index is 0.106. The summed E-state index contributed by atoms with van der Waals surface area (Å²) in [4.78, 5) is 19.3. The van der Waals surface area contributed by atoms with Crippen LogP contribution in [-0.2, 0) is 6.54 Å². The molecule has 23 heavy (non-hydrogen) atoms. The second-order valence-corrected chi connectivity index (χ2v) is 5.46. The molecule has 4 aromatic rings. The standard InChI is InChI=1S/C19H15N3O/c23-19-16-9-5-4-8-15(16)17-10-14(12-21-18(17)22-19)20-11-13-6-2-1-3-7-13/h1-10,12,20H,11H2,(H,21,22,23). The van der Waals surface area contributed by atoms with Crippen LogP contribution in [0.4, 0.5) is 5.69 Å². The first-order valence-electron chi connectivity index (χ1n) is 7.50. The van der Waals surface area contributed by atoms with Gasteiger partial charge in [-0.15, -0.1) is 0 Å². The first-order chi connectivity index (χ1) is 11.3. The topological polar surface area (TPSA) is 57.8 Å². The third-order valence-corrected chi connectivity index (χ3v) is 3.92. The summed E-state index contributed by atoms with van der Waals surface area (Å²) in [5.74, 6) is 0. The molecule has 0 aliphatic heterocycles. The van der Waals surface area contributed by atoms with Crippen LogP contribution < -0.4 is 10.9 Å². The van der Waals surface area contributed by atoms with Crippen molar-refractivity contribution < 1.29 is 0 Å². The summed E-state index contributed by atoms with van der Waals surface area (Å²) in [5, 5.41) is 5.92. The lowest BCUT2D eigenvalue weighted by atomic mass is 10.1. The second-order valence-electron chi connectivity index (χ2n) is 5.46. The van der Waals surface area contributed by atoms with Crippen LogP contribution in [0.25, 0.3) is 21.8 Å². The number of fused-ring (bicyclic) bond motifs is 3. The van der Waals surface area contributed by atoms with Gasteiger partial charge < -0.3 is 10.3 Å². The van der Waals surface area contributed by atoms with Crippen LogP contribution in [0.5, 0.6) is 0 Å².